The average molecular weight is 334 g/mol. The van der Waals surface area contributed by atoms with E-state index in [1.807, 2.05) is 13.1 Å². The highest BCUT2D eigenvalue weighted by atomic mass is 79.9. The van der Waals surface area contributed by atoms with Crippen molar-refractivity contribution >= 4 is 15.9 Å². The van der Waals surface area contributed by atoms with Crippen LogP contribution in [-0.2, 0) is 6.42 Å². The molecule has 1 nitrogen and oxygen atoms in total. The van der Waals surface area contributed by atoms with Gasteiger partial charge in [0.05, 0.1) is 4.47 Å². The number of halogens is 2. The first-order valence-electron chi connectivity index (χ1n) is 6.89. The van der Waals surface area contributed by atoms with Crippen LogP contribution in [0, 0.1) is 5.82 Å². The molecule has 2 unspecified atom stereocenters. The molecule has 20 heavy (non-hydrogen) atoms. The predicted octanol–water partition coefficient (Wildman–Crippen LogP) is 4.58. The van der Waals surface area contributed by atoms with E-state index in [0.29, 0.717) is 10.4 Å². The summed E-state index contributed by atoms with van der Waals surface area (Å²) in [5, 5.41) is 3.32. The first-order valence-corrected chi connectivity index (χ1v) is 7.69. The van der Waals surface area contributed by atoms with Crippen molar-refractivity contribution in [3.8, 4) is 0 Å². The molecule has 2 aromatic carbocycles. The molecule has 1 aliphatic rings. The molecule has 1 aliphatic carbocycles. The maximum atomic E-state index is 13.7. The quantitative estimate of drug-likeness (QED) is 0.863. The fourth-order valence-electron chi connectivity index (χ4n) is 3.05. The van der Waals surface area contributed by atoms with E-state index in [9.17, 15) is 4.39 Å². The van der Waals surface area contributed by atoms with E-state index in [-0.39, 0.29) is 11.9 Å². The third-order valence-corrected chi connectivity index (χ3v) is 5.02. The second kappa shape index (κ2) is 5.66. The number of fused-ring (bicyclic) bond motifs is 1. The van der Waals surface area contributed by atoms with Crippen LogP contribution in [0.3, 0.4) is 0 Å². The van der Waals surface area contributed by atoms with Gasteiger partial charge in [-0.05, 0) is 64.5 Å². The van der Waals surface area contributed by atoms with Crippen molar-refractivity contribution in [2.24, 2.45) is 0 Å². The van der Waals surface area contributed by atoms with E-state index in [2.05, 4.69) is 45.5 Å². The molecule has 0 bridgehead atoms. The summed E-state index contributed by atoms with van der Waals surface area (Å²) in [6.07, 6.45) is 2.12. The van der Waals surface area contributed by atoms with E-state index in [1.54, 1.807) is 6.07 Å². The first kappa shape index (κ1) is 13.8. The Balaban J connectivity index is 1.81. The fraction of sp³-hybridized carbons (Fsp3) is 0.294. The summed E-state index contributed by atoms with van der Waals surface area (Å²) in [6.45, 7) is 0. The summed E-state index contributed by atoms with van der Waals surface area (Å²) >= 11 is 3.37. The van der Waals surface area contributed by atoms with Crippen LogP contribution in [0.4, 0.5) is 4.39 Å². The van der Waals surface area contributed by atoms with Gasteiger partial charge in [-0.15, -0.1) is 0 Å². The molecule has 0 saturated heterocycles. The molecule has 0 aromatic heterocycles. The molecule has 0 radical (unpaired) electrons. The van der Waals surface area contributed by atoms with Crippen LogP contribution in [0.2, 0.25) is 0 Å². The van der Waals surface area contributed by atoms with Crippen molar-refractivity contribution in [1.82, 2.24) is 5.32 Å². The summed E-state index contributed by atoms with van der Waals surface area (Å²) in [5.41, 5.74) is 3.89. The van der Waals surface area contributed by atoms with Crippen molar-refractivity contribution < 1.29 is 4.39 Å². The lowest BCUT2D eigenvalue weighted by Gasteiger charge is -2.33. The Labute approximate surface area is 127 Å². The lowest BCUT2D eigenvalue weighted by molar-refractivity contribution is 0.449. The van der Waals surface area contributed by atoms with E-state index in [1.165, 1.54) is 17.2 Å². The molecule has 3 rings (SSSR count). The van der Waals surface area contributed by atoms with Gasteiger partial charge in [0.1, 0.15) is 5.82 Å². The predicted molar refractivity (Wildman–Crippen MR) is 83.4 cm³/mol. The number of hydrogen-bond acceptors (Lipinski definition) is 1. The van der Waals surface area contributed by atoms with Gasteiger partial charge < -0.3 is 5.32 Å². The van der Waals surface area contributed by atoms with Crippen LogP contribution in [0.15, 0.2) is 46.9 Å². The minimum Gasteiger partial charge on any atom is -0.313 e. The van der Waals surface area contributed by atoms with Gasteiger partial charge in [0.2, 0.25) is 0 Å². The monoisotopic (exact) mass is 333 g/mol. The van der Waals surface area contributed by atoms with E-state index in [4.69, 9.17) is 0 Å². The minimum atomic E-state index is -0.197. The average Bonchev–Trinajstić information content (AvgIpc) is 2.44. The van der Waals surface area contributed by atoms with Crippen LogP contribution in [0.1, 0.15) is 35.1 Å². The second-order valence-electron chi connectivity index (χ2n) is 5.32. The molecule has 1 N–H and O–H groups in total. The number of hydrogen-bond donors (Lipinski definition) is 1. The molecular formula is C17H17BrFN. The zero-order chi connectivity index (χ0) is 14.1. The molecular weight excluding hydrogens is 317 g/mol. The van der Waals surface area contributed by atoms with Gasteiger partial charge in [0.15, 0.2) is 0 Å². The molecule has 2 atom stereocenters. The summed E-state index contributed by atoms with van der Waals surface area (Å²) in [5.74, 6) is 0.371. The summed E-state index contributed by atoms with van der Waals surface area (Å²) in [7, 11) is 1.94. The van der Waals surface area contributed by atoms with Gasteiger partial charge >= 0.3 is 0 Å². The largest absolute Gasteiger partial charge is 0.313 e. The van der Waals surface area contributed by atoms with E-state index >= 15 is 0 Å². The fourth-order valence-corrected chi connectivity index (χ4v) is 3.59. The number of nitrogens with one attached hydrogen (secondary N) is 1. The van der Waals surface area contributed by atoms with Crippen LogP contribution >= 0.6 is 15.9 Å². The summed E-state index contributed by atoms with van der Waals surface area (Å²) < 4.78 is 14.2. The molecule has 104 valence electrons. The summed E-state index contributed by atoms with van der Waals surface area (Å²) in [4.78, 5) is 0. The normalized spacial score (nSPS) is 18.2. The van der Waals surface area contributed by atoms with Gasteiger partial charge in [-0.25, -0.2) is 4.39 Å². The summed E-state index contributed by atoms with van der Waals surface area (Å²) in [6, 6.07) is 14.0. The van der Waals surface area contributed by atoms with Crippen LogP contribution in [0.5, 0.6) is 0 Å². The zero-order valence-electron chi connectivity index (χ0n) is 11.4. The Kier molecular flexibility index (Phi) is 3.90. The third-order valence-electron chi connectivity index (χ3n) is 4.19. The van der Waals surface area contributed by atoms with Crippen molar-refractivity contribution in [2.45, 2.75) is 24.8 Å². The maximum Gasteiger partial charge on any atom is 0.137 e. The lowest BCUT2D eigenvalue weighted by atomic mass is 9.74. The second-order valence-corrected chi connectivity index (χ2v) is 6.11. The van der Waals surface area contributed by atoms with Gasteiger partial charge in [-0.3, -0.25) is 0 Å². The third kappa shape index (κ3) is 2.40. The highest BCUT2D eigenvalue weighted by molar-refractivity contribution is 9.10. The van der Waals surface area contributed by atoms with Crippen molar-refractivity contribution in [2.75, 3.05) is 7.05 Å². The molecule has 3 heteroatoms. The number of rotatable bonds is 4. The zero-order valence-corrected chi connectivity index (χ0v) is 13.0. The highest BCUT2D eigenvalue weighted by Gasteiger charge is 2.28. The van der Waals surface area contributed by atoms with Gasteiger partial charge in [0, 0.05) is 6.04 Å². The van der Waals surface area contributed by atoms with Crippen LogP contribution in [-0.4, -0.2) is 7.05 Å². The first-order chi connectivity index (χ1) is 9.70. The Bertz CT molecular complexity index is 626. The molecule has 0 heterocycles. The Morgan fingerprint density at radius 1 is 1.25 bits per heavy atom. The van der Waals surface area contributed by atoms with Crippen molar-refractivity contribution in [3.63, 3.8) is 0 Å². The van der Waals surface area contributed by atoms with Crippen LogP contribution in [0.25, 0.3) is 0 Å². The molecule has 2 aromatic rings. The molecule has 0 aliphatic heterocycles. The van der Waals surface area contributed by atoms with Crippen LogP contribution < -0.4 is 5.32 Å². The Morgan fingerprint density at radius 3 is 2.80 bits per heavy atom. The van der Waals surface area contributed by atoms with Gasteiger partial charge in [-0.2, -0.15) is 0 Å². The molecule has 0 spiro atoms. The Hall–Kier alpha value is -1.19. The molecule has 0 fully saturated rings. The topological polar surface area (TPSA) is 12.0 Å². The van der Waals surface area contributed by atoms with Crippen molar-refractivity contribution in [1.29, 1.82) is 0 Å². The van der Waals surface area contributed by atoms with E-state index in [0.717, 1.165) is 18.4 Å². The SMILES string of the molecule is CNC(CC1Cc2ccccc21)c1cccc(F)c1Br. The van der Waals surface area contributed by atoms with Gasteiger partial charge in [0.25, 0.3) is 0 Å². The molecule has 0 saturated carbocycles. The minimum absolute atomic E-state index is 0.165. The molecule has 0 amide bonds. The standard InChI is InChI=1S/C17H17BrFN/c1-20-16(14-7-4-8-15(19)17(14)18)10-12-9-11-5-2-3-6-13(11)12/h2-8,12,16,20H,9-10H2,1H3. The van der Waals surface area contributed by atoms with Gasteiger partial charge in [-0.1, -0.05) is 36.4 Å². The Morgan fingerprint density at radius 2 is 2.05 bits per heavy atom. The smallest absolute Gasteiger partial charge is 0.137 e. The highest BCUT2D eigenvalue weighted by Crippen LogP contribution is 2.41. The van der Waals surface area contributed by atoms with E-state index < -0.39 is 0 Å². The number of benzene rings is 2. The lowest BCUT2D eigenvalue weighted by Crippen LogP contribution is -2.25. The van der Waals surface area contributed by atoms with Crippen molar-refractivity contribution in [3.05, 3.63) is 69.4 Å². The maximum absolute atomic E-state index is 13.7.